The van der Waals surface area contributed by atoms with Crippen LogP contribution in [-0.4, -0.2) is 22.8 Å². The van der Waals surface area contributed by atoms with E-state index in [1.165, 1.54) is 16.9 Å². The minimum absolute atomic E-state index is 0.272. The van der Waals surface area contributed by atoms with Gasteiger partial charge < -0.3 is 10.1 Å². The second-order valence-corrected chi connectivity index (χ2v) is 5.50. The van der Waals surface area contributed by atoms with Crippen molar-refractivity contribution in [1.29, 1.82) is 0 Å². The van der Waals surface area contributed by atoms with Gasteiger partial charge in [-0.15, -0.1) is 0 Å². The topological polar surface area (TPSA) is 56.1 Å². The highest BCUT2D eigenvalue weighted by Gasteiger charge is 2.17. The summed E-state index contributed by atoms with van der Waals surface area (Å²) in [6.45, 7) is 2.06. The van der Waals surface area contributed by atoms with Gasteiger partial charge in [0.15, 0.2) is 0 Å². The summed E-state index contributed by atoms with van der Waals surface area (Å²) in [5.41, 5.74) is 2.15. The molecule has 25 heavy (non-hydrogen) atoms. The van der Waals surface area contributed by atoms with Crippen molar-refractivity contribution in [3.63, 3.8) is 0 Å². The second kappa shape index (κ2) is 7.17. The van der Waals surface area contributed by atoms with E-state index in [4.69, 9.17) is 4.74 Å². The Balaban J connectivity index is 1.79. The molecule has 1 aromatic heterocycles. The fourth-order valence-electron chi connectivity index (χ4n) is 2.62. The number of nitrogens with zero attached hydrogens (tertiary/aromatic N) is 2. The number of ether oxygens (including phenoxy) is 1. The molecule has 1 heterocycles. The molecule has 2 aromatic carbocycles. The monoisotopic (exact) mass is 339 g/mol. The van der Waals surface area contributed by atoms with Crippen LogP contribution in [0.5, 0.6) is 5.75 Å². The van der Waals surface area contributed by atoms with Gasteiger partial charge in [0.05, 0.1) is 24.6 Å². The van der Waals surface area contributed by atoms with Crippen molar-refractivity contribution < 1.29 is 13.9 Å². The average molecular weight is 339 g/mol. The number of nitrogens with one attached hydrogen (secondary N) is 1. The Labute approximate surface area is 145 Å². The van der Waals surface area contributed by atoms with E-state index in [2.05, 4.69) is 10.4 Å². The SMILES string of the molecule is COc1ccccc1CNC(=O)c1cnn(-c2ccccc2F)c1C. The smallest absolute Gasteiger partial charge is 0.255 e. The van der Waals surface area contributed by atoms with Crippen LogP contribution in [0.4, 0.5) is 4.39 Å². The number of para-hydroxylation sites is 2. The normalized spacial score (nSPS) is 10.5. The van der Waals surface area contributed by atoms with Gasteiger partial charge in [-0.1, -0.05) is 30.3 Å². The van der Waals surface area contributed by atoms with E-state index in [9.17, 15) is 9.18 Å². The maximum Gasteiger partial charge on any atom is 0.255 e. The summed E-state index contributed by atoms with van der Waals surface area (Å²) in [5.74, 6) is 0.0437. The number of carbonyl (C=O) groups excluding carboxylic acids is 1. The van der Waals surface area contributed by atoms with Crippen molar-refractivity contribution in [1.82, 2.24) is 15.1 Å². The predicted molar refractivity (Wildman–Crippen MR) is 92.4 cm³/mol. The minimum atomic E-state index is -0.394. The molecule has 6 heteroatoms. The Hall–Kier alpha value is -3.15. The molecule has 0 aliphatic carbocycles. The summed E-state index contributed by atoms with van der Waals surface area (Å²) in [6.07, 6.45) is 1.44. The third kappa shape index (κ3) is 3.38. The van der Waals surface area contributed by atoms with E-state index in [0.29, 0.717) is 29.2 Å². The molecule has 0 spiro atoms. The Morgan fingerprint density at radius 3 is 2.68 bits per heavy atom. The minimum Gasteiger partial charge on any atom is -0.496 e. The van der Waals surface area contributed by atoms with Crippen molar-refractivity contribution in [3.05, 3.63) is 77.4 Å². The van der Waals surface area contributed by atoms with E-state index in [0.717, 1.165) is 5.56 Å². The number of amides is 1. The summed E-state index contributed by atoms with van der Waals surface area (Å²) in [4.78, 5) is 12.5. The predicted octanol–water partition coefficient (Wildman–Crippen LogP) is 3.26. The highest BCUT2D eigenvalue weighted by Crippen LogP contribution is 2.19. The molecular formula is C19H18FN3O2. The largest absolute Gasteiger partial charge is 0.496 e. The first-order valence-electron chi connectivity index (χ1n) is 7.81. The lowest BCUT2D eigenvalue weighted by atomic mass is 10.2. The molecule has 1 N–H and O–H groups in total. The quantitative estimate of drug-likeness (QED) is 0.776. The number of halogens is 1. The zero-order valence-corrected chi connectivity index (χ0v) is 14.0. The zero-order valence-electron chi connectivity index (χ0n) is 14.0. The van der Waals surface area contributed by atoms with Crippen LogP contribution < -0.4 is 10.1 Å². The van der Waals surface area contributed by atoms with E-state index in [1.54, 1.807) is 32.2 Å². The molecule has 0 saturated carbocycles. The summed E-state index contributed by atoms with van der Waals surface area (Å²) in [6, 6.07) is 13.8. The van der Waals surface area contributed by atoms with Crippen molar-refractivity contribution in [2.75, 3.05) is 7.11 Å². The number of methoxy groups -OCH3 is 1. The van der Waals surface area contributed by atoms with Crippen LogP contribution in [0, 0.1) is 12.7 Å². The standard InChI is InChI=1S/C19H18FN3O2/c1-13-15(12-22-23(13)17-9-5-4-8-16(17)20)19(24)21-11-14-7-3-6-10-18(14)25-2/h3-10,12H,11H2,1-2H3,(H,21,24). The van der Waals surface area contributed by atoms with E-state index in [-0.39, 0.29) is 5.91 Å². The zero-order chi connectivity index (χ0) is 17.8. The van der Waals surface area contributed by atoms with Gasteiger partial charge in [-0.2, -0.15) is 5.10 Å². The molecule has 0 bridgehead atoms. The lowest BCUT2D eigenvalue weighted by Crippen LogP contribution is -2.23. The number of hydrogen-bond acceptors (Lipinski definition) is 3. The Bertz CT molecular complexity index is 905. The van der Waals surface area contributed by atoms with Gasteiger partial charge in [0.25, 0.3) is 5.91 Å². The molecule has 0 fully saturated rings. The van der Waals surface area contributed by atoms with Crippen LogP contribution in [-0.2, 0) is 6.54 Å². The molecule has 5 nitrogen and oxygen atoms in total. The lowest BCUT2D eigenvalue weighted by molar-refractivity contribution is 0.0950. The highest BCUT2D eigenvalue weighted by molar-refractivity contribution is 5.95. The molecule has 3 rings (SSSR count). The van der Waals surface area contributed by atoms with Crippen LogP contribution in [0.1, 0.15) is 21.6 Å². The maximum atomic E-state index is 13.9. The van der Waals surface area contributed by atoms with Crippen LogP contribution in [0.3, 0.4) is 0 Å². The van der Waals surface area contributed by atoms with Gasteiger partial charge in [-0.3, -0.25) is 4.79 Å². The summed E-state index contributed by atoms with van der Waals surface area (Å²) in [7, 11) is 1.59. The molecule has 0 aliphatic heterocycles. The van der Waals surface area contributed by atoms with Crippen molar-refractivity contribution in [2.24, 2.45) is 0 Å². The van der Waals surface area contributed by atoms with Crippen molar-refractivity contribution in [3.8, 4) is 11.4 Å². The van der Waals surface area contributed by atoms with Crippen LogP contribution in [0.2, 0.25) is 0 Å². The van der Waals surface area contributed by atoms with Crippen LogP contribution in [0.25, 0.3) is 5.69 Å². The first kappa shape index (κ1) is 16.7. The molecule has 128 valence electrons. The molecule has 0 unspecified atom stereocenters. The maximum absolute atomic E-state index is 13.9. The highest BCUT2D eigenvalue weighted by atomic mass is 19.1. The molecule has 0 aliphatic rings. The van der Waals surface area contributed by atoms with Gasteiger partial charge >= 0.3 is 0 Å². The molecule has 0 atom stereocenters. The number of hydrogen-bond donors (Lipinski definition) is 1. The van der Waals surface area contributed by atoms with E-state index < -0.39 is 5.82 Å². The number of aromatic nitrogens is 2. The first-order valence-corrected chi connectivity index (χ1v) is 7.81. The van der Waals surface area contributed by atoms with Crippen molar-refractivity contribution >= 4 is 5.91 Å². The number of carbonyl (C=O) groups is 1. The van der Waals surface area contributed by atoms with E-state index >= 15 is 0 Å². The summed E-state index contributed by atoms with van der Waals surface area (Å²) in [5, 5.41) is 6.99. The molecule has 0 saturated heterocycles. The van der Waals surface area contributed by atoms with Gasteiger partial charge in [-0.25, -0.2) is 9.07 Å². The lowest BCUT2D eigenvalue weighted by Gasteiger charge is -2.10. The molecule has 1 amide bonds. The number of benzene rings is 2. The van der Waals surface area contributed by atoms with E-state index in [1.807, 2.05) is 24.3 Å². The fourth-order valence-corrected chi connectivity index (χ4v) is 2.62. The molecular weight excluding hydrogens is 321 g/mol. The Morgan fingerprint density at radius 2 is 1.92 bits per heavy atom. The van der Waals surface area contributed by atoms with Crippen LogP contribution >= 0.6 is 0 Å². The average Bonchev–Trinajstić information content (AvgIpc) is 3.01. The second-order valence-electron chi connectivity index (χ2n) is 5.50. The Kier molecular flexibility index (Phi) is 4.79. The molecule has 0 radical (unpaired) electrons. The van der Waals surface area contributed by atoms with Gasteiger partial charge in [-0.05, 0) is 25.1 Å². The number of rotatable bonds is 5. The van der Waals surface area contributed by atoms with Gasteiger partial charge in [0.2, 0.25) is 0 Å². The summed E-state index contributed by atoms with van der Waals surface area (Å²) < 4.78 is 20.6. The van der Waals surface area contributed by atoms with Crippen molar-refractivity contribution in [2.45, 2.75) is 13.5 Å². The van der Waals surface area contributed by atoms with Gasteiger partial charge in [0, 0.05) is 12.1 Å². The fraction of sp³-hybridized carbons (Fsp3) is 0.158. The first-order chi connectivity index (χ1) is 12.1. The van der Waals surface area contributed by atoms with Gasteiger partial charge in [0.1, 0.15) is 17.3 Å². The van der Waals surface area contributed by atoms with Crippen LogP contribution in [0.15, 0.2) is 54.7 Å². The summed E-state index contributed by atoms with van der Waals surface area (Å²) >= 11 is 0. The molecule has 3 aromatic rings. The third-order valence-corrected chi connectivity index (χ3v) is 3.97. The Morgan fingerprint density at radius 1 is 1.20 bits per heavy atom. The third-order valence-electron chi connectivity index (χ3n) is 3.97.